The molecular weight excluding hydrogens is 272 g/mol. The first-order valence-electron chi connectivity index (χ1n) is 6.37. The van der Waals surface area contributed by atoms with Crippen LogP contribution in [-0.4, -0.2) is 24.2 Å². The van der Waals surface area contributed by atoms with E-state index in [-0.39, 0.29) is 25.1 Å². The van der Waals surface area contributed by atoms with Crippen LogP contribution >= 0.6 is 0 Å². The van der Waals surface area contributed by atoms with Gasteiger partial charge in [0.1, 0.15) is 5.82 Å². The molecule has 1 saturated heterocycles. The highest BCUT2D eigenvalue weighted by molar-refractivity contribution is 5.32. The van der Waals surface area contributed by atoms with Crippen LogP contribution in [0.1, 0.15) is 24.0 Å². The van der Waals surface area contributed by atoms with Crippen molar-refractivity contribution in [1.82, 2.24) is 4.90 Å². The molecule has 1 aliphatic rings. The van der Waals surface area contributed by atoms with Gasteiger partial charge in [-0.1, -0.05) is 6.07 Å². The molecule has 1 aromatic rings. The minimum Gasteiger partial charge on any atom is -0.298 e. The molecule has 2 nitrogen and oxygen atoms in total. The lowest BCUT2D eigenvalue weighted by atomic mass is 9.97. The van der Waals surface area contributed by atoms with E-state index in [4.69, 9.17) is 5.26 Å². The zero-order valence-electron chi connectivity index (χ0n) is 10.8. The molecule has 1 aliphatic heterocycles. The van der Waals surface area contributed by atoms with Crippen LogP contribution in [0.2, 0.25) is 0 Å². The Morgan fingerprint density at radius 1 is 1.35 bits per heavy atom. The van der Waals surface area contributed by atoms with Crippen molar-refractivity contribution in [2.45, 2.75) is 25.6 Å². The second-order valence-corrected chi connectivity index (χ2v) is 5.03. The van der Waals surface area contributed by atoms with Crippen molar-refractivity contribution in [2.24, 2.45) is 5.92 Å². The maximum Gasteiger partial charge on any atom is 0.393 e. The molecule has 1 fully saturated rings. The molecule has 0 aromatic heterocycles. The van der Waals surface area contributed by atoms with Crippen molar-refractivity contribution in [3.05, 3.63) is 35.1 Å². The Balaban J connectivity index is 2.05. The van der Waals surface area contributed by atoms with E-state index >= 15 is 0 Å². The van der Waals surface area contributed by atoms with E-state index in [1.807, 2.05) is 6.07 Å². The number of likely N-dealkylation sites (tertiary alicyclic amines) is 1. The molecule has 0 aliphatic carbocycles. The maximum atomic E-state index is 13.7. The zero-order valence-corrected chi connectivity index (χ0v) is 10.8. The molecule has 1 unspecified atom stereocenters. The number of hydrogen-bond donors (Lipinski definition) is 0. The first kappa shape index (κ1) is 14.8. The van der Waals surface area contributed by atoms with E-state index in [0.717, 1.165) is 6.07 Å². The smallest absolute Gasteiger partial charge is 0.298 e. The quantitative estimate of drug-likeness (QED) is 0.778. The highest BCUT2D eigenvalue weighted by atomic mass is 19.4. The van der Waals surface area contributed by atoms with Crippen LogP contribution in [0.4, 0.5) is 17.6 Å². The average molecular weight is 286 g/mol. The van der Waals surface area contributed by atoms with Crippen LogP contribution in [-0.2, 0) is 6.54 Å². The van der Waals surface area contributed by atoms with Crippen molar-refractivity contribution in [3.8, 4) is 6.07 Å². The summed E-state index contributed by atoms with van der Waals surface area (Å²) in [6, 6.07) is 5.87. The summed E-state index contributed by atoms with van der Waals surface area (Å²) in [6.07, 6.45) is -3.60. The number of piperidine rings is 1. The van der Waals surface area contributed by atoms with Gasteiger partial charge in [-0.3, -0.25) is 4.90 Å². The number of rotatable bonds is 2. The van der Waals surface area contributed by atoms with Crippen LogP contribution in [0.15, 0.2) is 18.2 Å². The Hall–Kier alpha value is -1.61. The summed E-state index contributed by atoms with van der Waals surface area (Å²) in [5.74, 6) is -1.88. The Bertz CT molecular complexity index is 519. The maximum absolute atomic E-state index is 13.7. The largest absolute Gasteiger partial charge is 0.393 e. The van der Waals surface area contributed by atoms with Crippen molar-refractivity contribution < 1.29 is 17.6 Å². The number of nitrogens with zero attached hydrogens (tertiary/aromatic N) is 2. The van der Waals surface area contributed by atoms with Gasteiger partial charge in [0, 0.05) is 18.7 Å². The molecule has 0 amide bonds. The number of alkyl halides is 3. The average Bonchev–Trinajstić information content (AvgIpc) is 2.40. The van der Waals surface area contributed by atoms with Crippen LogP contribution in [0.3, 0.4) is 0 Å². The SMILES string of the molecule is N#Cc1ccc(CN2CCCC(C(F)(F)F)C2)c(F)c1. The van der Waals surface area contributed by atoms with Gasteiger partial charge < -0.3 is 0 Å². The van der Waals surface area contributed by atoms with E-state index in [1.165, 1.54) is 12.1 Å². The first-order valence-corrected chi connectivity index (χ1v) is 6.37. The Labute approximate surface area is 114 Å². The van der Waals surface area contributed by atoms with Gasteiger partial charge in [-0.25, -0.2) is 4.39 Å². The number of nitriles is 1. The van der Waals surface area contributed by atoms with Gasteiger partial charge in [0.15, 0.2) is 0 Å². The molecule has 0 radical (unpaired) electrons. The third-order valence-electron chi connectivity index (χ3n) is 3.54. The Morgan fingerprint density at radius 2 is 2.10 bits per heavy atom. The highest BCUT2D eigenvalue weighted by Gasteiger charge is 2.41. The normalized spacial score (nSPS) is 20.6. The fourth-order valence-electron chi connectivity index (χ4n) is 2.45. The molecule has 0 saturated carbocycles. The zero-order chi connectivity index (χ0) is 14.8. The molecule has 0 N–H and O–H groups in total. The van der Waals surface area contributed by atoms with Crippen molar-refractivity contribution in [2.75, 3.05) is 13.1 Å². The van der Waals surface area contributed by atoms with E-state index in [2.05, 4.69) is 0 Å². The predicted molar refractivity (Wildman–Crippen MR) is 65.2 cm³/mol. The van der Waals surface area contributed by atoms with E-state index < -0.39 is 17.9 Å². The minimum atomic E-state index is -4.19. The fourth-order valence-corrected chi connectivity index (χ4v) is 2.45. The summed E-state index contributed by atoms with van der Waals surface area (Å²) in [4.78, 5) is 1.62. The molecule has 6 heteroatoms. The third-order valence-corrected chi connectivity index (χ3v) is 3.54. The fraction of sp³-hybridized carbons (Fsp3) is 0.500. The lowest BCUT2D eigenvalue weighted by molar-refractivity contribution is -0.187. The second kappa shape index (κ2) is 5.80. The second-order valence-electron chi connectivity index (χ2n) is 5.03. The van der Waals surface area contributed by atoms with Crippen LogP contribution < -0.4 is 0 Å². The van der Waals surface area contributed by atoms with Gasteiger partial charge in [0.25, 0.3) is 0 Å². The summed E-state index contributed by atoms with van der Waals surface area (Å²) in [6.45, 7) is 0.582. The molecule has 2 rings (SSSR count). The van der Waals surface area contributed by atoms with Gasteiger partial charge in [-0.2, -0.15) is 18.4 Å². The Kier molecular flexibility index (Phi) is 4.29. The molecular formula is C14H14F4N2. The van der Waals surface area contributed by atoms with Gasteiger partial charge in [0.2, 0.25) is 0 Å². The van der Waals surface area contributed by atoms with Gasteiger partial charge >= 0.3 is 6.18 Å². The number of halogens is 4. The van der Waals surface area contributed by atoms with E-state index in [0.29, 0.717) is 18.5 Å². The van der Waals surface area contributed by atoms with Crippen LogP contribution in [0, 0.1) is 23.1 Å². The topological polar surface area (TPSA) is 27.0 Å². The number of benzene rings is 1. The van der Waals surface area contributed by atoms with Crippen molar-refractivity contribution in [1.29, 1.82) is 5.26 Å². The van der Waals surface area contributed by atoms with Gasteiger partial charge in [-0.05, 0) is 31.5 Å². The van der Waals surface area contributed by atoms with Gasteiger partial charge in [0.05, 0.1) is 17.6 Å². The first-order chi connectivity index (χ1) is 9.40. The molecule has 108 valence electrons. The lowest BCUT2D eigenvalue weighted by Gasteiger charge is -2.33. The summed E-state index contributed by atoms with van der Waals surface area (Å²) < 4.78 is 51.8. The van der Waals surface area contributed by atoms with Crippen molar-refractivity contribution in [3.63, 3.8) is 0 Å². The van der Waals surface area contributed by atoms with Gasteiger partial charge in [-0.15, -0.1) is 0 Å². The molecule has 0 spiro atoms. The lowest BCUT2D eigenvalue weighted by Crippen LogP contribution is -2.41. The summed E-state index contributed by atoms with van der Waals surface area (Å²) >= 11 is 0. The number of hydrogen-bond acceptors (Lipinski definition) is 2. The minimum absolute atomic E-state index is 0.0943. The standard InChI is InChI=1S/C14H14F4N2/c15-13-6-10(7-19)3-4-11(13)8-20-5-1-2-12(9-20)14(16,17)18/h3-4,6,12H,1-2,5,8-9H2. The molecule has 20 heavy (non-hydrogen) atoms. The summed E-state index contributed by atoms with van der Waals surface area (Å²) in [5.41, 5.74) is 0.532. The third kappa shape index (κ3) is 3.48. The molecule has 1 heterocycles. The highest BCUT2D eigenvalue weighted by Crippen LogP contribution is 2.33. The predicted octanol–water partition coefficient (Wildman–Crippen LogP) is 3.47. The Morgan fingerprint density at radius 3 is 2.70 bits per heavy atom. The van der Waals surface area contributed by atoms with Crippen LogP contribution in [0.25, 0.3) is 0 Å². The molecule has 0 bridgehead atoms. The molecule has 1 aromatic carbocycles. The summed E-state index contributed by atoms with van der Waals surface area (Å²) in [7, 11) is 0. The van der Waals surface area contributed by atoms with E-state index in [9.17, 15) is 17.6 Å². The monoisotopic (exact) mass is 286 g/mol. The van der Waals surface area contributed by atoms with Crippen LogP contribution in [0.5, 0.6) is 0 Å². The molecule has 1 atom stereocenters. The van der Waals surface area contributed by atoms with E-state index in [1.54, 1.807) is 4.90 Å². The summed E-state index contributed by atoms with van der Waals surface area (Å²) in [5, 5.41) is 8.65. The van der Waals surface area contributed by atoms with Crippen molar-refractivity contribution >= 4 is 0 Å².